The molecular formula is C20H26N2O3. The minimum atomic E-state index is -0.0770. The number of hydrogen-bond acceptors (Lipinski definition) is 4. The molecule has 3 rings (SSSR count). The number of carbonyl (C=O) groups is 1. The van der Waals surface area contributed by atoms with Crippen molar-refractivity contribution in [2.75, 3.05) is 19.6 Å². The van der Waals surface area contributed by atoms with Gasteiger partial charge in [0, 0.05) is 12.1 Å². The Morgan fingerprint density at radius 3 is 2.52 bits per heavy atom. The van der Waals surface area contributed by atoms with E-state index in [-0.39, 0.29) is 18.1 Å². The maximum Gasteiger partial charge on any atom is 0.251 e. The van der Waals surface area contributed by atoms with Gasteiger partial charge in [-0.25, -0.2) is 0 Å². The molecule has 5 nitrogen and oxygen atoms in total. The zero-order valence-corrected chi connectivity index (χ0v) is 14.9. The number of benzene rings is 1. The average molecular weight is 342 g/mol. The fraction of sp³-hybridized carbons (Fsp3) is 0.450. The van der Waals surface area contributed by atoms with Crippen LogP contribution in [0.2, 0.25) is 0 Å². The SMILES string of the molecule is CC(C)Oc1ccc(C(=O)NCC(c2ccco2)N2CCCC2)cc1. The lowest BCUT2D eigenvalue weighted by atomic mass is 10.1. The Morgan fingerprint density at radius 1 is 1.20 bits per heavy atom. The van der Waals surface area contributed by atoms with E-state index >= 15 is 0 Å². The lowest BCUT2D eigenvalue weighted by molar-refractivity contribution is 0.0933. The lowest BCUT2D eigenvalue weighted by Gasteiger charge is -2.26. The van der Waals surface area contributed by atoms with Crippen LogP contribution < -0.4 is 10.1 Å². The van der Waals surface area contributed by atoms with E-state index < -0.39 is 0 Å². The summed E-state index contributed by atoms with van der Waals surface area (Å²) in [6.45, 7) is 6.59. The van der Waals surface area contributed by atoms with Gasteiger partial charge < -0.3 is 14.5 Å². The summed E-state index contributed by atoms with van der Waals surface area (Å²) in [5.41, 5.74) is 0.635. The van der Waals surface area contributed by atoms with Crippen molar-refractivity contribution >= 4 is 5.91 Å². The monoisotopic (exact) mass is 342 g/mol. The highest BCUT2D eigenvalue weighted by Gasteiger charge is 2.26. The Hall–Kier alpha value is -2.27. The van der Waals surface area contributed by atoms with Crippen LogP contribution in [0, 0.1) is 0 Å². The average Bonchev–Trinajstić information content (AvgIpc) is 3.29. The van der Waals surface area contributed by atoms with Gasteiger partial charge in [0.25, 0.3) is 5.91 Å². The first-order valence-corrected chi connectivity index (χ1v) is 8.96. The first-order chi connectivity index (χ1) is 12.1. The molecule has 1 aliphatic rings. The predicted molar refractivity (Wildman–Crippen MR) is 96.8 cm³/mol. The minimum absolute atomic E-state index is 0.0770. The Balaban J connectivity index is 1.61. The number of hydrogen-bond donors (Lipinski definition) is 1. The molecule has 25 heavy (non-hydrogen) atoms. The Kier molecular flexibility index (Phi) is 5.76. The van der Waals surface area contributed by atoms with Gasteiger partial charge >= 0.3 is 0 Å². The van der Waals surface area contributed by atoms with Crippen LogP contribution in [-0.4, -0.2) is 36.5 Å². The van der Waals surface area contributed by atoms with Gasteiger partial charge in [-0.1, -0.05) is 0 Å². The van der Waals surface area contributed by atoms with Crippen molar-refractivity contribution < 1.29 is 13.9 Å². The molecule has 0 saturated carbocycles. The highest BCUT2D eigenvalue weighted by Crippen LogP contribution is 2.25. The van der Waals surface area contributed by atoms with E-state index in [4.69, 9.17) is 9.15 Å². The van der Waals surface area contributed by atoms with Crippen LogP contribution in [0.3, 0.4) is 0 Å². The minimum Gasteiger partial charge on any atom is -0.491 e. The summed E-state index contributed by atoms with van der Waals surface area (Å²) in [5, 5.41) is 3.04. The van der Waals surface area contributed by atoms with E-state index in [1.807, 2.05) is 38.1 Å². The number of amides is 1. The molecule has 0 radical (unpaired) electrons. The number of nitrogens with one attached hydrogen (secondary N) is 1. The van der Waals surface area contributed by atoms with E-state index in [0.717, 1.165) is 24.6 Å². The quantitative estimate of drug-likeness (QED) is 0.835. The molecule has 5 heteroatoms. The molecule has 0 spiro atoms. The third-order valence-electron chi connectivity index (χ3n) is 4.40. The number of carbonyl (C=O) groups excluding carboxylic acids is 1. The van der Waals surface area contributed by atoms with Crippen molar-refractivity contribution in [3.63, 3.8) is 0 Å². The van der Waals surface area contributed by atoms with Crippen LogP contribution >= 0.6 is 0 Å². The lowest BCUT2D eigenvalue weighted by Crippen LogP contribution is -2.36. The van der Waals surface area contributed by atoms with Crippen molar-refractivity contribution in [2.45, 2.75) is 38.8 Å². The molecule has 1 amide bonds. The summed E-state index contributed by atoms with van der Waals surface area (Å²) in [6.07, 6.45) is 4.20. The number of likely N-dealkylation sites (tertiary alicyclic amines) is 1. The van der Waals surface area contributed by atoms with Gasteiger partial charge in [0.2, 0.25) is 0 Å². The Bertz CT molecular complexity index is 659. The first kappa shape index (κ1) is 17.5. The molecule has 1 aliphatic heterocycles. The maximum absolute atomic E-state index is 12.5. The first-order valence-electron chi connectivity index (χ1n) is 8.96. The van der Waals surface area contributed by atoms with Gasteiger partial charge in [-0.3, -0.25) is 9.69 Å². The van der Waals surface area contributed by atoms with Gasteiger partial charge in [-0.05, 0) is 76.2 Å². The zero-order chi connectivity index (χ0) is 17.6. The molecule has 0 aliphatic carbocycles. The molecule has 1 N–H and O–H groups in total. The second kappa shape index (κ2) is 8.21. The summed E-state index contributed by atoms with van der Waals surface area (Å²) in [5.74, 6) is 1.60. The molecule has 1 unspecified atom stereocenters. The van der Waals surface area contributed by atoms with Crippen LogP contribution in [0.4, 0.5) is 0 Å². The van der Waals surface area contributed by atoms with Gasteiger partial charge in [-0.15, -0.1) is 0 Å². The highest BCUT2D eigenvalue weighted by atomic mass is 16.5. The van der Waals surface area contributed by atoms with Gasteiger partial charge in [0.15, 0.2) is 0 Å². The van der Waals surface area contributed by atoms with Gasteiger partial charge in [0.05, 0.1) is 18.4 Å². The number of furan rings is 1. The Morgan fingerprint density at radius 2 is 1.92 bits per heavy atom. The number of ether oxygens (including phenoxy) is 1. The second-order valence-electron chi connectivity index (χ2n) is 6.68. The van der Waals surface area contributed by atoms with Crippen molar-refractivity contribution in [2.24, 2.45) is 0 Å². The zero-order valence-electron chi connectivity index (χ0n) is 14.9. The van der Waals surface area contributed by atoms with Crippen LogP contribution in [-0.2, 0) is 0 Å². The third kappa shape index (κ3) is 4.63. The summed E-state index contributed by atoms with van der Waals surface area (Å²) in [7, 11) is 0. The molecule has 134 valence electrons. The summed E-state index contributed by atoms with van der Waals surface area (Å²) >= 11 is 0. The van der Waals surface area contributed by atoms with Crippen molar-refractivity contribution in [3.05, 3.63) is 54.0 Å². The topological polar surface area (TPSA) is 54.7 Å². The van der Waals surface area contributed by atoms with E-state index in [9.17, 15) is 4.79 Å². The highest BCUT2D eigenvalue weighted by molar-refractivity contribution is 5.94. The smallest absolute Gasteiger partial charge is 0.251 e. The Labute approximate surface area is 149 Å². The molecule has 2 heterocycles. The largest absolute Gasteiger partial charge is 0.491 e. The maximum atomic E-state index is 12.5. The van der Waals surface area contributed by atoms with Gasteiger partial charge in [-0.2, -0.15) is 0 Å². The van der Waals surface area contributed by atoms with Crippen LogP contribution in [0.5, 0.6) is 5.75 Å². The van der Waals surface area contributed by atoms with Crippen LogP contribution in [0.25, 0.3) is 0 Å². The fourth-order valence-corrected chi connectivity index (χ4v) is 3.19. The summed E-state index contributed by atoms with van der Waals surface area (Å²) < 4.78 is 11.2. The summed E-state index contributed by atoms with van der Waals surface area (Å²) in [4.78, 5) is 14.8. The molecule has 1 fully saturated rings. The predicted octanol–water partition coefficient (Wildman–Crippen LogP) is 3.63. The van der Waals surface area contributed by atoms with Gasteiger partial charge in [0.1, 0.15) is 11.5 Å². The number of nitrogens with zero attached hydrogens (tertiary/aromatic N) is 1. The molecule has 1 aromatic carbocycles. The fourth-order valence-electron chi connectivity index (χ4n) is 3.19. The molecule has 1 atom stereocenters. The van der Waals surface area contributed by atoms with Crippen molar-refractivity contribution in [1.82, 2.24) is 10.2 Å². The van der Waals surface area contributed by atoms with Crippen molar-refractivity contribution in [3.8, 4) is 5.75 Å². The van der Waals surface area contributed by atoms with E-state index in [1.54, 1.807) is 18.4 Å². The van der Waals surface area contributed by atoms with Crippen LogP contribution in [0.1, 0.15) is 48.8 Å². The van der Waals surface area contributed by atoms with E-state index in [1.165, 1.54) is 12.8 Å². The number of rotatable bonds is 7. The molecule has 2 aromatic rings. The molecule has 1 saturated heterocycles. The van der Waals surface area contributed by atoms with Crippen LogP contribution in [0.15, 0.2) is 47.1 Å². The third-order valence-corrected chi connectivity index (χ3v) is 4.40. The normalized spacial score (nSPS) is 16.1. The molecule has 0 bridgehead atoms. The van der Waals surface area contributed by atoms with E-state index in [2.05, 4.69) is 10.2 Å². The molecular weight excluding hydrogens is 316 g/mol. The summed E-state index contributed by atoms with van der Waals surface area (Å²) in [6, 6.07) is 11.2. The van der Waals surface area contributed by atoms with Crippen molar-refractivity contribution in [1.29, 1.82) is 0 Å². The molecule has 1 aromatic heterocycles. The van der Waals surface area contributed by atoms with E-state index in [0.29, 0.717) is 12.1 Å². The second-order valence-corrected chi connectivity index (χ2v) is 6.68. The standard InChI is InChI=1S/C20H26N2O3/c1-15(2)25-17-9-7-16(8-10-17)20(23)21-14-18(19-6-5-13-24-19)22-11-3-4-12-22/h5-10,13,15,18H,3-4,11-12,14H2,1-2H3,(H,21,23).